The van der Waals surface area contributed by atoms with Crippen molar-refractivity contribution in [3.05, 3.63) is 96.1 Å². The molecular weight excluding hydrogens is 310 g/mol. The zero-order valence-electron chi connectivity index (χ0n) is 13.4. The van der Waals surface area contributed by atoms with Crippen molar-refractivity contribution < 1.29 is 9.53 Å². The zero-order chi connectivity index (χ0) is 16.8. The summed E-state index contributed by atoms with van der Waals surface area (Å²) in [5, 5.41) is 1.13. The molecule has 1 atom stereocenters. The molecule has 0 radical (unpaired) electrons. The van der Waals surface area contributed by atoms with Crippen LogP contribution in [-0.4, -0.2) is 10.5 Å². The molecule has 0 N–H and O–H groups in total. The molecule has 25 heavy (non-hydrogen) atoms. The number of fused-ring (bicyclic) bond motifs is 2. The molecule has 1 aromatic heterocycles. The maximum atomic E-state index is 12.3. The molecular formula is C22H15NO2. The number of benzene rings is 3. The number of hydrogen-bond donors (Lipinski definition) is 0. The van der Waals surface area contributed by atoms with Gasteiger partial charge in [-0.2, -0.15) is 0 Å². The Hall–Kier alpha value is -3.33. The molecule has 2 heterocycles. The highest BCUT2D eigenvalue weighted by Crippen LogP contribution is 2.39. The standard InChI is InChI=1S/C22H15NO2/c24-22-18-12-6-5-11-17(18)21(25-22)23-19-13-7-4-10-16(19)14-20(23)15-8-2-1-3-9-15/h1-14,21H. The SMILES string of the molecule is O=C1OC(n2c(-c3ccccc3)cc3ccccc32)c2ccccc21. The number of ether oxygens (including phenoxy) is 1. The number of cyclic esters (lactones) is 1. The van der Waals surface area contributed by atoms with Crippen LogP contribution in [0.15, 0.2) is 84.9 Å². The number of para-hydroxylation sites is 1. The molecule has 3 aromatic carbocycles. The molecule has 120 valence electrons. The van der Waals surface area contributed by atoms with Crippen molar-refractivity contribution in [2.45, 2.75) is 6.23 Å². The highest BCUT2D eigenvalue weighted by Gasteiger charge is 2.33. The Balaban J connectivity index is 1.81. The van der Waals surface area contributed by atoms with Crippen molar-refractivity contribution in [3.8, 4) is 11.3 Å². The summed E-state index contributed by atoms with van der Waals surface area (Å²) in [4.78, 5) is 12.3. The van der Waals surface area contributed by atoms with Crippen molar-refractivity contribution in [1.29, 1.82) is 0 Å². The molecule has 3 heteroatoms. The molecule has 0 amide bonds. The summed E-state index contributed by atoms with van der Waals surface area (Å²) in [6.07, 6.45) is -0.446. The smallest absolute Gasteiger partial charge is 0.340 e. The van der Waals surface area contributed by atoms with E-state index in [1.54, 1.807) is 0 Å². The van der Waals surface area contributed by atoms with E-state index < -0.39 is 6.23 Å². The molecule has 0 saturated carbocycles. The van der Waals surface area contributed by atoms with Gasteiger partial charge in [-0.05, 0) is 23.8 Å². The van der Waals surface area contributed by atoms with Gasteiger partial charge >= 0.3 is 5.97 Å². The minimum Gasteiger partial charge on any atom is -0.433 e. The second-order valence-electron chi connectivity index (χ2n) is 6.17. The topological polar surface area (TPSA) is 31.2 Å². The Morgan fingerprint density at radius 2 is 1.52 bits per heavy atom. The maximum Gasteiger partial charge on any atom is 0.340 e. The third-order valence-electron chi connectivity index (χ3n) is 4.72. The van der Waals surface area contributed by atoms with Crippen LogP contribution in [0.1, 0.15) is 22.1 Å². The van der Waals surface area contributed by atoms with Gasteiger partial charge in [-0.25, -0.2) is 4.79 Å². The van der Waals surface area contributed by atoms with E-state index in [0.29, 0.717) is 5.56 Å². The van der Waals surface area contributed by atoms with Crippen LogP contribution in [0.4, 0.5) is 0 Å². The predicted octanol–water partition coefficient (Wildman–Crippen LogP) is 5.03. The van der Waals surface area contributed by atoms with E-state index in [1.807, 2.05) is 54.6 Å². The van der Waals surface area contributed by atoms with Crippen molar-refractivity contribution in [1.82, 2.24) is 4.57 Å². The number of hydrogen-bond acceptors (Lipinski definition) is 2. The molecule has 0 bridgehead atoms. The first-order valence-electron chi connectivity index (χ1n) is 8.28. The largest absolute Gasteiger partial charge is 0.433 e. The van der Waals surface area contributed by atoms with E-state index in [4.69, 9.17) is 4.74 Å². The lowest BCUT2D eigenvalue weighted by Crippen LogP contribution is -2.11. The summed E-state index contributed by atoms with van der Waals surface area (Å²) in [5.74, 6) is -0.266. The molecule has 0 spiro atoms. The predicted molar refractivity (Wildman–Crippen MR) is 97.4 cm³/mol. The monoisotopic (exact) mass is 325 g/mol. The molecule has 0 saturated heterocycles. The molecule has 0 fully saturated rings. The Labute approximate surface area is 145 Å². The van der Waals surface area contributed by atoms with Crippen LogP contribution in [0.25, 0.3) is 22.2 Å². The fourth-order valence-electron chi connectivity index (χ4n) is 3.58. The van der Waals surface area contributed by atoms with Gasteiger partial charge in [0.05, 0.1) is 16.8 Å². The van der Waals surface area contributed by atoms with Gasteiger partial charge in [0.2, 0.25) is 6.23 Å². The Morgan fingerprint density at radius 3 is 2.40 bits per heavy atom. The quantitative estimate of drug-likeness (QED) is 0.484. The van der Waals surface area contributed by atoms with Gasteiger partial charge in [0.25, 0.3) is 0 Å². The van der Waals surface area contributed by atoms with Crippen LogP contribution in [-0.2, 0) is 4.74 Å². The number of esters is 1. The maximum absolute atomic E-state index is 12.3. The summed E-state index contributed by atoms with van der Waals surface area (Å²) in [6.45, 7) is 0. The summed E-state index contributed by atoms with van der Waals surface area (Å²) >= 11 is 0. The van der Waals surface area contributed by atoms with Crippen LogP contribution >= 0.6 is 0 Å². The van der Waals surface area contributed by atoms with Crippen LogP contribution < -0.4 is 0 Å². The first-order chi connectivity index (χ1) is 12.3. The average molecular weight is 325 g/mol. The van der Waals surface area contributed by atoms with Crippen molar-refractivity contribution in [2.75, 3.05) is 0 Å². The Kier molecular flexibility index (Phi) is 3.01. The van der Waals surface area contributed by atoms with E-state index >= 15 is 0 Å². The lowest BCUT2D eigenvalue weighted by molar-refractivity contribution is 0.0335. The summed E-state index contributed by atoms with van der Waals surface area (Å²) in [5.41, 5.74) is 4.74. The van der Waals surface area contributed by atoms with Gasteiger partial charge < -0.3 is 9.30 Å². The number of aromatic nitrogens is 1. The van der Waals surface area contributed by atoms with Crippen molar-refractivity contribution in [2.24, 2.45) is 0 Å². The summed E-state index contributed by atoms with van der Waals surface area (Å²) < 4.78 is 7.89. The second kappa shape index (κ2) is 5.35. The second-order valence-corrected chi connectivity index (χ2v) is 6.17. The van der Waals surface area contributed by atoms with E-state index in [0.717, 1.165) is 27.7 Å². The average Bonchev–Trinajstić information content (AvgIpc) is 3.21. The normalized spacial score (nSPS) is 16.0. The first-order valence-corrected chi connectivity index (χ1v) is 8.28. The first kappa shape index (κ1) is 14.1. The van der Waals surface area contributed by atoms with Gasteiger partial charge in [-0.3, -0.25) is 0 Å². The molecule has 1 unspecified atom stereocenters. The van der Waals surface area contributed by atoms with Gasteiger partial charge in [-0.15, -0.1) is 0 Å². The zero-order valence-corrected chi connectivity index (χ0v) is 13.4. The Bertz CT molecular complexity index is 1100. The molecule has 3 nitrogen and oxygen atoms in total. The number of nitrogens with zero attached hydrogens (tertiary/aromatic N) is 1. The number of rotatable bonds is 2. The van der Waals surface area contributed by atoms with Crippen LogP contribution in [0.5, 0.6) is 0 Å². The van der Waals surface area contributed by atoms with Crippen LogP contribution in [0.2, 0.25) is 0 Å². The molecule has 1 aliphatic rings. The summed E-state index contributed by atoms with van der Waals surface area (Å²) in [6, 6.07) is 28.1. The molecule has 0 aliphatic carbocycles. The fraction of sp³-hybridized carbons (Fsp3) is 0.0455. The molecule has 1 aliphatic heterocycles. The van der Waals surface area contributed by atoms with Crippen molar-refractivity contribution >= 4 is 16.9 Å². The third kappa shape index (κ3) is 2.09. The van der Waals surface area contributed by atoms with Crippen LogP contribution in [0, 0.1) is 0 Å². The van der Waals surface area contributed by atoms with E-state index in [-0.39, 0.29) is 5.97 Å². The van der Waals surface area contributed by atoms with Gasteiger partial charge in [0, 0.05) is 10.9 Å². The molecule has 5 rings (SSSR count). The van der Waals surface area contributed by atoms with Gasteiger partial charge in [0.1, 0.15) is 0 Å². The minimum atomic E-state index is -0.446. The highest BCUT2D eigenvalue weighted by molar-refractivity contribution is 5.95. The number of carbonyl (C=O) groups is 1. The van der Waals surface area contributed by atoms with Crippen molar-refractivity contribution in [3.63, 3.8) is 0 Å². The third-order valence-corrected chi connectivity index (χ3v) is 4.72. The Morgan fingerprint density at radius 1 is 0.800 bits per heavy atom. The van der Waals surface area contributed by atoms with E-state index in [2.05, 4.69) is 34.9 Å². The van der Waals surface area contributed by atoms with Gasteiger partial charge in [0.15, 0.2) is 0 Å². The number of carbonyl (C=O) groups excluding carboxylic acids is 1. The van der Waals surface area contributed by atoms with Crippen LogP contribution in [0.3, 0.4) is 0 Å². The lowest BCUT2D eigenvalue weighted by atomic mass is 10.1. The fourth-order valence-corrected chi connectivity index (χ4v) is 3.58. The summed E-state index contributed by atoms with van der Waals surface area (Å²) in [7, 11) is 0. The molecule has 4 aromatic rings. The highest BCUT2D eigenvalue weighted by atomic mass is 16.6. The van der Waals surface area contributed by atoms with Gasteiger partial charge in [-0.1, -0.05) is 66.7 Å². The minimum absolute atomic E-state index is 0.266. The van der Waals surface area contributed by atoms with E-state index in [9.17, 15) is 4.79 Å². The lowest BCUT2D eigenvalue weighted by Gasteiger charge is -2.18. The van der Waals surface area contributed by atoms with E-state index in [1.165, 1.54) is 0 Å².